The number of fused-ring (bicyclic) bond motifs is 10. The van der Waals surface area contributed by atoms with Crippen LogP contribution in [-0.2, 0) is 0 Å². The lowest BCUT2D eigenvalue weighted by Gasteiger charge is -2.35. The fourth-order valence-electron chi connectivity index (χ4n) is 13.0. The monoisotopic (exact) mass is 908 g/mol. The van der Waals surface area contributed by atoms with Gasteiger partial charge in [-0.3, -0.25) is 0 Å². The molecule has 0 radical (unpaired) electrons. The molecule has 2 aliphatic rings. The first-order valence-corrected chi connectivity index (χ1v) is 25.3. The van der Waals surface area contributed by atoms with Gasteiger partial charge in [-0.25, -0.2) is 0 Å². The number of nitrogens with zero attached hydrogens (tertiary/aromatic N) is 2. The van der Waals surface area contributed by atoms with E-state index in [1.807, 2.05) is 0 Å². The van der Waals surface area contributed by atoms with Crippen LogP contribution in [0, 0.1) is 55.4 Å². The summed E-state index contributed by atoms with van der Waals surface area (Å²) in [6, 6.07) is 68.2. The molecule has 0 unspecified atom stereocenters. The largest absolute Gasteiger partial charge is 0.375 e. The SMILES string of the molecule is Cc1ccc(-c2ccc3c(c2)c2cc(-c4ccc(C)cc4)cc4c2n3-c2cc(-c3ccc(C)cc3C)cc3c2B4n2c4ccc(-c5c(C)cccc5C)cc4c4cc(-c5c(C)cccc5C)cc-3c42)cc1. The van der Waals surface area contributed by atoms with Crippen molar-refractivity contribution in [2.24, 2.45) is 0 Å². The van der Waals surface area contributed by atoms with Gasteiger partial charge in [0.25, 0.3) is 0 Å². The van der Waals surface area contributed by atoms with Crippen LogP contribution in [0.15, 0.2) is 176 Å². The molecule has 14 rings (SSSR count). The third kappa shape index (κ3) is 6.09. The minimum atomic E-state index is -0.0981. The van der Waals surface area contributed by atoms with Crippen LogP contribution in [0.5, 0.6) is 0 Å². The summed E-state index contributed by atoms with van der Waals surface area (Å²) in [4.78, 5) is 0. The lowest BCUT2D eigenvalue weighted by Crippen LogP contribution is -2.55. The van der Waals surface area contributed by atoms with E-state index in [0.717, 1.165) is 0 Å². The molecule has 12 aromatic rings. The Morgan fingerprint density at radius 3 is 1.52 bits per heavy atom. The van der Waals surface area contributed by atoms with Gasteiger partial charge in [-0.15, -0.1) is 0 Å². The molecular formula is C68H53BN2. The summed E-state index contributed by atoms with van der Waals surface area (Å²) in [6.07, 6.45) is 0. The Labute approximate surface area is 416 Å². The first-order valence-electron chi connectivity index (χ1n) is 25.3. The molecule has 0 atom stereocenters. The van der Waals surface area contributed by atoms with E-state index in [9.17, 15) is 0 Å². The molecule has 0 bridgehead atoms. The Kier molecular flexibility index (Phi) is 8.94. The fraction of sp³-hybridized carbons (Fsp3) is 0.118. The van der Waals surface area contributed by atoms with Crippen molar-refractivity contribution < 1.29 is 0 Å². The molecule has 3 heteroatoms. The van der Waals surface area contributed by atoms with Crippen LogP contribution in [0.4, 0.5) is 0 Å². The molecule has 0 fully saturated rings. The molecule has 0 amide bonds. The van der Waals surface area contributed by atoms with Gasteiger partial charge in [0.1, 0.15) is 0 Å². The number of benzene rings is 10. The van der Waals surface area contributed by atoms with E-state index in [0.29, 0.717) is 0 Å². The van der Waals surface area contributed by atoms with Crippen molar-refractivity contribution in [3.8, 4) is 72.4 Å². The van der Waals surface area contributed by atoms with Gasteiger partial charge < -0.3 is 9.05 Å². The molecule has 71 heavy (non-hydrogen) atoms. The molecule has 0 spiro atoms. The van der Waals surface area contributed by atoms with E-state index in [1.54, 1.807) is 0 Å². The average molecular weight is 909 g/mol. The maximum absolute atomic E-state index is 2.75. The lowest BCUT2D eigenvalue weighted by molar-refractivity contribution is 1.17. The molecule has 0 aliphatic carbocycles. The highest BCUT2D eigenvalue weighted by Crippen LogP contribution is 2.48. The van der Waals surface area contributed by atoms with Crippen molar-refractivity contribution in [3.63, 3.8) is 0 Å². The van der Waals surface area contributed by atoms with E-state index in [4.69, 9.17) is 0 Å². The van der Waals surface area contributed by atoms with Crippen molar-refractivity contribution in [1.82, 2.24) is 9.05 Å². The Bertz CT molecular complexity index is 4250. The first-order chi connectivity index (χ1) is 34.5. The summed E-state index contributed by atoms with van der Waals surface area (Å²) in [6.45, 7) is 17.8. The summed E-state index contributed by atoms with van der Waals surface area (Å²) in [5, 5.41) is 5.14. The molecule has 4 heterocycles. The second kappa shape index (κ2) is 15.2. The molecule has 10 aromatic carbocycles. The summed E-state index contributed by atoms with van der Waals surface area (Å²) < 4.78 is 5.39. The number of rotatable bonds is 5. The maximum atomic E-state index is 2.75. The Morgan fingerprint density at radius 2 is 0.845 bits per heavy atom. The van der Waals surface area contributed by atoms with Gasteiger partial charge in [0.2, 0.25) is 0 Å². The summed E-state index contributed by atoms with van der Waals surface area (Å²) in [7, 11) is 0. The molecule has 0 N–H and O–H groups in total. The zero-order valence-electron chi connectivity index (χ0n) is 41.7. The zero-order chi connectivity index (χ0) is 48.1. The van der Waals surface area contributed by atoms with Crippen LogP contribution in [-0.4, -0.2) is 15.9 Å². The molecule has 338 valence electrons. The van der Waals surface area contributed by atoms with Gasteiger partial charge in [0.05, 0.1) is 11.0 Å². The highest BCUT2D eigenvalue weighted by molar-refractivity contribution is 6.90. The minimum Gasteiger partial charge on any atom is -0.375 e. The molecule has 2 nitrogen and oxygen atoms in total. The topological polar surface area (TPSA) is 9.86 Å². The second-order valence-electron chi connectivity index (χ2n) is 21.0. The van der Waals surface area contributed by atoms with E-state index in [1.165, 1.54) is 171 Å². The number of hydrogen-bond acceptors (Lipinski definition) is 0. The summed E-state index contributed by atoms with van der Waals surface area (Å²) in [5.74, 6) is 0. The van der Waals surface area contributed by atoms with E-state index in [2.05, 4.69) is 240 Å². The van der Waals surface area contributed by atoms with Crippen LogP contribution < -0.4 is 10.9 Å². The highest BCUT2D eigenvalue weighted by atomic mass is 15.0. The Balaban J connectivity index is 1.18. The summed E-state index contributed by atoms with van der Waals surface area (Å²) in [5.41, 5.74) is 34.5. The summed E-state index contributed by atoms with van der Waals surface area (Å²) >= 11 is 0. The van der Waals surface area contributed by atoms with Gasteiger partial charge in [-0.1, -0.05) is 138 Å². The highest BCUT2D eigenvalue weighted by Gasteiger charge is 2.42. The smallest absolute Gasteiger partial charge is 0.333 e. The van der Waals surface area contributed by atoms with E-state index >= 15 is 0 Å². The quantitative estimate of drug-likeness (QED) is 0.152. The third-order valence-corrected chi connectivity index (χ3v) is 16.3. The average Bonchev–Trinajstić information content (AvgIpc) is 3.87. The predicted octanol–water partition coefficient (Wildman–Crippen LogP) is 16.6. The lowest BCUT2D eigenvalue weighted by atomic mass is 9.45. The van der Waals surface area contributed by atoms with Crippen molar-refractivity contribution in [3.05, 3.63) is 220 Å². The Morgan fingerprint density at radius 1 is 0.324 bits per heavy atom. The minimum absolute atomic E-state index is 0.0981. The van der Waals surface area contributed by atoms with Crippen LogP contribution in [0.3, 0.4) is 0 Å². The standard InChI is InChI=1S/C68H53BN2/c1-38-15-20-46(21-16-38)48-24-27-61-54(30-48)58-32-50(47-22-17-39(2)18-23-47)36-60-68(58)70(61)63-37-51(53-26-19-40(3)29-45(53)8)33-56-59-35-52(65-43(6)13-10-14-44(65)7)34-57-55-31-49(64-41(4)11-9-12-42(64)5)25-28-62(55)71(67(57)59)69(60)66(56)63/h9-37H,1-8H3. The molecular weight excluding hydrogens is 856 g/mol. The van der Waals surface area contributed by atoms with Gasteiger partial charge in [0, 0.05) is 43.8 Å². The van der Waals surface area contributed by atoms with E-state index in [-0.39, 0.29) is 6.85 Å². The second-order valence-corrected chi connectivity index (χ2v) is 21.0. The number of hydrogen-bond donors (Lipinski definition) is 0. The van der Waals surface area contributed by atoms with Crippen molar-refractivity contribution in [1.29, 1.82) is 0 Å². The zero-order valence-corrected chi connectivity index (χ0v) is 41.7. The predicted molar refractivity (Wildman–Crippen MR) is 305 cm³/mol. The fourth-order valence-corrected chi connectivity index (χ4v) is 13.0. The molecule has 2 aromatic heterocycles. The van der Waals surface area contributed by atoms with Crippen molar-refractivity contribution in [2.45, 2.75) is 55.4 Å². The molecule has 0 saturated heterocycles. The van der Waals surface area contributed by atoms with Crippen LogP contribution >= 0.6 is 0 Å². The van der Waals surface area contributed by atoms with Gasteiger partial charge in [0.15, 0.2) is 0 Å². The van der Waals surface area contributed by atoms with Crippen LogP contribution in [0.1, 0.15) is 44.5 Å². The van der Waals surface area contributed by atoms with Crippen LogP contribution in [0.2, 0.25) is 0 Å². The van der Waals surface area contributed by atoms with Crippen molar-refractivity contribution >= 4 is 61.4 Å². The normalized spacial score (nSPS) is 12.5. The molecule has 2 aliphatic heterocycles. The van der Waals surface area contributed by atoms with E-state index < -0.39 is 0 Å². The van der Waals surface area contributed by atoms with Gasteiger partial charge in [-0.05, 0) is 210 Å². The maximum Gasteiger partial charge on any atom is 0.333 e. The van der Waals surface area contributed by atoms with Gasteiger partial charge in [-0.2, -0.15) is 0 Å². The van der Waals surface area contributed by atoms with Gasteiger partial charge >= 0.3 is 6.85 Å². The number of aryl methyl sites for hydroxylation is 8. The van der Waals surface area contributed by atoms with Crippen molar-refractivity contribution in [2.75, 3.05) is 0 Å². The molecule has 0 saturated carbocycles. The number of aromatic nitrogens is 2. The van der Waals surface area contributed by atoms with Crippen LogP contribution in [0.25, 0.3) is 116 Å². The first kappa shape index (κ1) is 41.8. The Hall–Kier alpha value is -8.14. The third-order valence-electron chi connectivity index (χ3n) is 16.3.